The van der Waals surface area contributed by atoms with Crippen molar-refractivity contribution in [2.24, 2.45) is 17.8 Å². The molecule has 6 atom stereocenters. The van der Waals surface area contributed by atoms with Crippen molar-refractivity contribution in [1.82, 2.24) is 0 Å². The monoisotopic (exact) mass is 438 g/mol. The first-order chi connectivity index (χ1) is 13.9. The van der Waals surface area contributed by atoms with Crippen LogP contribution in [-0.2, 0) is 13.9 Å². The molecule has 5 nitrogen and oxygen atoms in total. The van der Waals surface area contributed by atoms with Gasteiger partial charge in [-0.2, -0.15) is 0 Å². The molecular weight excluding hydrogens is 396 g/mol. The zero-order valence-electron chi connectivity index (χ0n) is 20.3. The van der Waals surface area contributed by atoms with Gasteiger partial charge in [0.2, 0.25) is 0 Å². The van der Waals surface area contributed by atoms with Crippen molar-refractivity contribution in [3.63, 3.8) is 0 Å². The normalized spacial score (nSPS) is 26.1. The molecule has 1 aromatic rings. The molecule has 0 bridgehead atoms. The summed E-state index contributed by atoms with van der Waals surface area (Å²) in [5.74, 6) is 1.21. The zero-order chi connectivity index (χ0) is 22.7. The Kier molecular flexibility index (Phi) is 8.56. The van der Waals surface area contributed by atoms with Crippen LogP contribution in [0.5, 0.6) is 5.75 Å². The van der Waals surface area contributed by atoms with E-state index in [1.165, 1.54) is 0 Å². The topological polar surface area (TPSA) is 57.2 Å². The average Bonchev–Trinajstić information content (AvgIpc) is 2.70. The second kappa shape index (κ2) is 10.1. The molecule has 0 unspecified atom stereocenters. The minimum atomic E-state index is -2.00. The lowest BCUT2D eigenvalue weighted by atomic mass is 9.84. The Balaban J connectivity index is 2.22. The molecular formula is C24H42O5Si. The van der Waals surface area contributed by atoms with Crippen LogP contribution in [0, 0.1) is 17.8 Å². The lowest BCUT2D eigenvalue weighted by molar-refractivity contribution is -0.257. The summed E-state index contributed by atoms with van der Waals surface area (Å²) in [6.07, 6.45) is -0.495. The summed E-state index contributed by atoms with van der Waals surface area (Å²) in [4.78, 5) is 0. The molecule has 30 heavy (non-hydrogen) atoms. The van der Waals surface area contributed by atoms with Gasteiger partial charge in [0.25, 0.3) is 0 Å². The lowest BCUT2D eigenvalue weighted by Crippen LogP contribution is -2.52. The first-order valence-corrected chi connectivity index (χ1v) is 14.0. The van der Waals surface area contributed by atoms with E-state index in [4.69, 9.17) is 18.6 Å². The molecule has 1 aliphatic rings. The van der Waals surface area contributed by atoms with Gasteiger partial charge in [0.1, 0.15) is 5.75 Å². The number of ether oxygens (including phenoxy) is 3. The van der Waals surface area contributed by atoms with Gasteiger partial charge in [0.05, 0.1) is 25.9 Å². The molecule has 0 amide bonds. The number of rotatable bonds is 8. The molecule has 1 aromatic carbocycles. The second-order valence-corrected chi connectivity index (χ2v) is 15.1. The first-order valence-electron chi connectivity index (χ1n) is 11.1. The zero-order valence-corrected chi connectivity index (χ0v) is 21.3. The highest BCUT2D eigenvalue weighted by Crippen LogP contribution is 2.41. The van der Waals surface area contributed by atoms with E-state index in [9.17, 15) is 5.11 Å². The number of hydrogen-bond donors (Lipinski definition) is 1. The van der Waals surface area contributed by atoms with Crippen molar-refractivity contribution in [3.8, 4) is 5.75 Å². The number of benzene rings is 1. The van der Waals surface area contributed by atoms with Crippen LogP contribution < -0.4 is 4.74 Å². The summed E-state index contributed by atoms with van der Waals surface area (Å²) in [5.41, 5.74) is 0.983. The fourth-order valence-electron chi connectivity index (χ4n) is 3.78. The van der Waals surface area contributed by atoms with E-state index in [0.717, 1.165) is 11.3 Å². The fraction of sp³-hybridized carbons (Fsp3) is 0.750. The second-order valence-electron chi connectivity index (χ2n) is 10.4. The number of hydrogen-bond acceptors (Lipinski definition) is 5. The Morgan fingerprint density at radius 2 is 1.77 bits per heavy atom. The van der Waals surface area contributed by atoms with Gasteiger partial charge in [-0.25, -0.2) is 0 Å². The maximum absolute atomic E-state index is 9.96. The minimum Gasteiger partial charge on any atom is -0.497 e. The SMILES string of the molecule is COc1ccc([C@@H]2OC[C@H](C)[C@H]([C@H](C)[C@@H](O[Si](C)(C)C(C)(C)C)[C@@H](C)CO)O2)cc1. The summed E-state index contributed by atoms with van der Waals surface area (Å²) in [6, 6.07) is 7.83. The van der Waals surface area contributed by atoms with E-state index >= 15 is 0 Å². The molecule has 1 N–H and O–H groups in total. The molecule has 172 valence electrons. The Bertz CT molecular complexity index is 655. The van der Waals surface area contributed by atoms with Crippen LogP contribution >= 0.6 is 0 Å². The van der Waals surface area contributed by atoms with E-state index in [1.54, 1.807) is 7.11 Å². The molecule has 1 heterocycles. The highest BCUT2D eigenvalue weighted by molar-refractivity contribution is 6.74. The molecule has 0 radical (unpaired) electrons. The summed E-state index contributed by atoms with van der Waals surface area (Å²) in [6.45, 7) is 18.4. The summed E-state index contributed by atoms with van der Waals surface area (Å²) < 4.78 is 24.6. The third kappa shape index (κ3) is 5.86. The highest BCUT2D eigenvalue weighted by atomic mass is 28.4. The molecule has 0 spiro atoms. The summed E-state index contributed by atoms with van der Waals surface area (Å²) in [5, 5.41) is 10.1. The van der Waals surface area contributed by atoms with Crippen molar-refractivity contribution >= 4 is 8.32 Å². The molecule has 0 aliphatic carbocycles. The number of aliphatic hydroxyl groups excluding tert-OH is 1. The Hall–Kier alpha value is -0.923. The van der Waals surface area contributed by atoms with Crippen LogP contribution in [-0.4, -0.2) is 46.0 Å². The lowest BCUT2D eigenvalue weighted by Gasteiger charge is -2.46. The van der Waals surface area contributed by atoms with Crippen LogP contribution in [0.15, 0.2) is 24.3 Å². The quantitative estimate of drug-likeness (QED) is 0.551. The Labute approximate surface area is 184 Å². The number of methoxy groups -OCH3 is 1. The van der Waals surface area contributed by atoms with Gasteiger partial charge in [0.15, 0.2) is 14.6 Å². The summed E-state index contributed by atoms with van der Waals surface area (Å²) >= 11 is 0. The van der Waals surface area contributed by atoms with Gasteiger partial charge in [-0.15, -0.1) is 0 Å². The van der Waals surface area contributed by atoms with E-state index in [0.29, 0.717) is 6.61 Å². The first kappa shape index (κ1) is 25.3. The summed E-state index contributed by atoms with van der Waals surface area (Å²) in [7, 11) is -0.339. The third-order valence-electron chi connectivity index (χ3n) is 6.86. The average molecular weight is 439 g/mol. The molecule has 1 aliphatic heterocycles. The molecule has 0 aromatic heterocycles. The van der Waals surface area contributed by atoms with Gasteiger partial charge < -0.3 is 23.7 Å². The largest absolute Gasteiger partial charge is 0.497 e. The van der Waals surface area contributed by atoms with Crippen LogP contribution in [0.3, 0.4) is 0 Å². The molecule has 0 saturated carbocycles. The molecule has 1 saturated heterocycles. The van der Waals surface area contributed by atoms with Crippen molar-refractivity contribution in [2.45, 2.75) is 78.2 Å². The van der Waals surface area contributed by atoms with Gasteiger partial charge in [-0.05, 0) is 30.3 Å². The van der Waals surface area contributed by atoms with Gasteiger partial charge in [0, 0.05) is 29.9 Å². The van der Waals surface area contributed by atoms with Crippen LogP contribution in [0.4, 0.5) is 0 Å². The van der Waals surface area contributed by atoms with Crippen molar-refractivity contribution in [2.75, 3.05) is 20.3 Å². The predicted octanol–water partition coefficient (Wildman–Crippen LogP) is 5.40. The van der Waals surface area contributed by atoms with E-state index in [1.807, 2.05) is 24.3 Å². The molecule has 1 fully saturated rings. The Morgan fingerprint density at radius 1 is 1.17 bits per heavy atom. The molecule has 2 rings (SSSR count). The van der Waals surface area contributed by atoms with Gasteiger partial charge >= 0.3 is 0 Å². The molecule has 6 heteroatoms. The predicted molar refractivity (Wildman–Crippen MR) is 123 cm³/mol. The Morgan fingerprint density at radius 3 is 2.27 bits per heavy atom. The number of aliphatic hydroxyl groups is 1. The van der Waals surface area contributed by atoms with Crippen LogP contribution in [0.25, 0.3) is 0 Å². The maximum Gasteiger partial charge on any atom is 0.192 e. The highest BCUT2D eigenvalue weighted by Gasteiger charge is 2.44. The smallest absolute Gasteiger partial charge is 0.192 e. The van der Waals surface area contributed by atoms with Crippen molar-refractivity contribution in [1.29, 1.82) is 0 Å². The maximum atomic E-state index is 9.96. The third-order valence-corrected chi connectivity index (χ3v) is 11.3. The van der Waals surface area contributed by atoms with Crippen LogP contribution in [0.1, 0.15) is 53.4 Å². The standard InChI is InChI=1S/C24H42O5Si/c1-16(14-25)22(29-30(8,9)24(4,5)6)18(3)21-17(2)15-27-23(28-21)19-10-12-20(26-7)13-11-19/h10-13,16-18,21-23,25H,14-15H2,1-9H3/t16-,17-,18-,21+,22-,23+/m0/s1. The van der Waals surface area contributed by atoms with E-state index < -0.39 is 14.6 Å². The van der Waals surface area contributed by atoms with E-state index in [-0.39, 0.29) is 41.6 Å². The van der Waals surface area contributed by atoms with Gasteiger partial charge in [-0.3, -0.25) is 0 Å². The van der Waals surface area contributed by atoms with Gasteiger partial charge in [-0.1, -0.05) is 53.7 Å². The minimum absolute atomic E-state index is 0.0189. The van der Waals surface area contributed by atoms with E-state index in [2.05, 4.69) is 54.6 Å². The fourth-order valence-corrected chi connectivity index (χ4v) is 5.26. The van der Waals surface area contributed by atoms with Crippen molar-refractivity contribution < 1.29 is 23.7 Å². The van der Waals surface area contributed by atoms with Crippen LogP contribution in [0.2, 0.25) is 18.1 Å². The van der Waals surface area contributed by atoms with Crippen molar-refractivity contribution in [3.05, 3.63) is 29.8 Å².